The van der Waals surface area contributed by atoms with Gasteiger partial charge in [-0.05, 0) is 42.5 Å². The molecule has 0 fully saturated rings. The molecule has 1 rings (SSSR count). The first-order valence-electron chi connectivity index (χ1n) is 7.46. The van der Waals surface area contributed by atoms with Crippen LogP contribution in [0.4, 0.5) is 0 Å². The summed E-state index contributed by atoms with van der Waals surface area (Å²) in [5.74, 6) is 2.22. The fraction of sp³-hybridized carbons (Fsp3) is 0.625. The van der Waals surface area contributed by atoms with Crippen LogP contribution >= 0.6 is 48.6 Å². The van der Waals surface area contributed by atoms with E-state index < -0.39 is 0 Å². The lowest BCUT2D eigenvalue weighted by atomic mass is 10.1. The number of unbranched alkanes of at least 4 members (excludes halogenated alkanes) is 7. The van der Waals surface area contributed by atoms with Crippen molar-refractivity contribution in [2.75, 3.05) is 11.5 Å². The molecule has 0 spiro atoms. The van der Waals surface area contributed by atoms with Crippen LogP contribution in [0.5, 0.6) is 0 Å². The molecular formula is C16H25ClS3. The first-order chi connectivity index (χ1) is 9.74. The standard InChI is InChI=1S/C16H25ClS3/c17-15-13-14(9-10-16(15)19)20-12-8-6-4-2-1-3-5-7-11-18/h9-10,13,18-19H,1-8,11-12H2. The summed E-state index contributed by atoms with van der Waals surface area (Å²) in [4.78, 5) is 2.11. The number of rotatable bonds is 11. The predicted octanol–water partition coefficient (Wildman–Crippen LogP) is 6.77. The van der Waals surface area contributed by atoms with Crippen LogP contribution in [0, 0.1) is 0 Å². The van der Waals surface area contributed by atoms with Gasteiger partial charge in [0, 0.05) is 9.79 Å². The van der Waals surface area contributed by atoms with E-state index in [1.165, 1.54) is 62.0 Å². The minimum atomic E-state index is 0.750. The lowest BCUT2D eigenvalue weighted by Crippen LogP contribution is -1.84. The number of hydrogen-bond donors (Lipinski definition) is 2. The molecule has 114 valence electrons. The average molecular weight is 349 g/mol. The van der Waals surface area contributed by atoms with Crippen molar-refractivity contribution in [3.8, 4) is 0 Å². The molecule has 20 heavy (non-hydrogen) atoms. The summed E-state index contributed by atoms with van der Waals surface area (Å²) in [7, 11) is 0. The van der Waals surface area contributed by atoms with E-state index in [0.29, 0.717) is 0 Å². The third kappa shape index (κ3) is 8.76. The van der Waals surface area contributed by atoms with Crippen molar-refractivity contribution in [1.82, 2.24) is 0 Å². The molecular weight excluding hydrogens is 324 g/mol. The van der Waals surface area contributed by atoms with Gasteiger partial charge in [0.05, 0.1) is 5.02 Å². The first kappa shape index (κ1) is 18.6. The van der Waals surface area contributed by atoms with Crippen LogP contribution < -0.4 is 0 Å². The smallest absolute Gasteiger partial charge is 0.0550 e. The Balaban J connectivity index is 1.95. The van der Waals surface area contributed by atoms with E-state index in [4.69, 9.17) is 11.6 Å². The number of halogens is 1. The van der Waals surface area contributed by atoms with E-state index in [1.807, 2.05) is 23.9 Å². The van der Waals surface area contributed by atoms with E-state index in [2.05, 4.69) is 31.3 Å². The van der Waals surface area contributed by atoms with E-state index in [0.717, 1.165) is 15.7 Å². The Hall–Kier alpha value is 0.560. The van der Waals surface area contributed by atoms with Gasteiger partial charge < -0.3 is 0 Å². The van der Waals surface area contributed by atoms with Crippen molar-refractivity contribution in [1.29, 1.82) is 0 Å². The van der Waals surface area contributed by atoms with Gasteiger partial charge in [0.2, 0.25) is 0 Å². The zero-order valence-corrected chi connectivity index (χ0v) is 15.3. The zero-order valence-electron chi connectivity index (χ0n) is 12.0. The molecule has 0 saturated heterocycles. The minimum Gasteiger partial charge on any atom is -0.179 e. The molecule has 0 aliphatic carbocycles. The molecule has 0 aliphatic heterocycles. The van der Waals surface area contributed by atoms with Crippen LogP contribution in [0.2, 0.25) is 5.02 Å². The molecule has 1 aromatic rings. The van der Waals surface area contributed by atoms with E-state index in [9.17, 15) is 0 Å². The minimum absolute atomic E-state index is 0.750. The zero-order chi connectivity index (χ0) is 14.6. The maximum absolute atomic E-state index is 6.05. The predicted molar refractivity (Wildman–Crippen MR) is 100 cm³/mol. The topological polar surface area (TPSA) is 0 Å². The van der Waals surface area contributed by atoms with Gasteiger partial charge in [-0.15, -0.1) is 24.4 Å². The highest BCUT2D eigenvalue weighted by molar-refractivity contribution is 7.99. The second-order valence-corrected chi connectivity index (χ2v) is 7.52. The van der Waals surface area contributed by atoms with Gasteiger partial charge in [-0.2, -0.15) is 12.6 Å². The molecule has 0 N–H and O–H groups in total. The Kier molecular flexibility index (Phi) is 11.3. The molecule has 0 aliphatic rings. The number of thioether (sulfide) groups is 1. The summed E-state index contributed by atoms with van der Waals surface area (Å²) in [6.07, 6.45) is 10.8. The van der Waals surface area contributed by atoms with Gasteiger partial charge in [-0.3, -0.25) is 0 Å². The quantitative estimate of drug-likeness (QED) is 0.253. The molecule has 0 heterocycles. The molecule has 0 saturated carbocycles. The van der Waals surface area contributed by atoms with Crippen molar-refractivity contribution in [3.63, 3.8) is 0 Å². The van der Waals surface area contributed by atoms with Crippen LogP contribution in [0.15, 0.2) is 28.0 Å². The second-order valence-electron chi connectivity index (χ2n) is 5.01. The Morgan fingerprint density at radius 3 is 2.10 bits per heavy atom. The van der Waals surface area contributed by atoms with Gasteiger partial charge in [0.1, 0.15) is 0 Å². The van der Waals surface area contributed by atoms with Gasteiger partial charge in [0.25, 0.3) is 0 Å². The summed E-state index contributed by atoms with van der Waals surface area (Å²) in [5.41, 5.74) is 0. The van der Waals surface area contributed by atoms with Gasteiger partial charge in [0.15, 0.2) is 0 Å². The van der Waals surface area contributed by atoms with Crippen LogP contribution in [0.3, 0.4) is 0 Å². The van der Waals surface area contributed by atoms with Gasteiger partial charge in [-0.1, -0.05) is 50.1 Å². The Morgan fingerprint density at radius 1 is 0.900 bits per heavy atom. The fourth-order valence-electron chi connectivity index (χ4n) is 2.04. The van der Waals surface area contributed by atoms with Crippen molar-refractivity contribution in [3.05, 3.63) is 23.2 Å². The molecule has 0 amide bonds. The van der Waals surface area contributed by atoms with E-state index >= 15 is 0 Å². The normalized spacial score (nSPS) is 10.9. The summed E-state index contributed by atoms with van der Waals surface area (Å²) in [5, 5.41) is 0.750. The first-order valence-corrected chi connectivity index (χ1v) is 9.90. The molecule has 1 aromatic carbocycles. The van der Waals surface area contributed by atoms with Crippen molar-refractivity contribution in [2.24, 2.45) is 0 Å². The van der Waals surface area contributed by atoms with E-state index in [-0.39, 0.29) is 0 Å². The molecule has 0 unspecified atom stereocenters. The molecule has 0 nitrogen and oxygen atoms in total. The third-order valence-corrected chi connectivity index (χ3v) is 5.47. The van der Waals surface area contributed by atoms with Crippen molar-refractivity contribution in [2.45, 2.75) is 61.2 Å². The summed E-state index contributed by atoms with van der Waals surface area (Å²) < 4.78 is 0. The maximum Gasteiger partial charge on any atom is 0.0550 e. The van der Waals surface area contributed by atoms with Crippen molar-refractivity contribution < 1.29 is 0 Å². The second kappa shape index (κ2) is 12.1. The lowest BCUT2D eigenvalue weighted by molar-refractivity contribution is 0.588. The fourth-order valence-corrected chi connectivity index (χ4v) is 3.60. The highest BCUT2D eigenvalue weighted by Crippen LogP contribution is 2.27. The van der Waals surface area contributed by atoms with Crippen LogP contribution in [-0.2, 0) is 0 Å². The third-order valence-electron chi connectivity index (χ3n) is 3.24. The Morgan fingerprint density at radius 2 is 1.50 bits per heavy atom. The Bertz CT molecular complexity index is 369. The summed E-state index contributed by atoms with van der Waals surface area (Å²) >= 11 is 16.5. The molecule has 0 atom stereocenters. The maximum atomic E-state index is 6.05. The monoisotopic (exact) mass is 348 g/mol. The molecule has 0 radical (unpaired) electrons. The van der Waals surface area contributed by atoms with Crippen LogP contribution in [-0.4, -0.2) is 11.5 Å². The van der Waals surface area contributed by atoms with Gasteiger partial charge >= 0.3 is 0 Å². The summed E-state index contributed by atoms with van der Waals surface area (Å²) in [6, 6.07) is 6.08. The van der Waals surface area contributed by atoms with E-state index in [1.54, 1.807) is 0 Å². The number of thiol groups is 2. The Labute approximate surface area is 144 Å². The largest absolute Gasteiger partial charge is 0.179 e. The molecule has 0 aromatic heterocycles. The molecule has 4 heteroatoms. The highest BCUT2D eigenvalue weighted by atomic mass is 35.5. The number of hydrogen-bond acceptors (Lipinski definition) is 3. The average Bonchev–Trinajstić information content (AvgIpc) is 2.45. The van der Waals surface area contributed by atoms with Crippen LogP contribution in [0.25, 0.3) is 0 Å². The highest BCUT2D eigenvalue weighted by Gasteiger charge is 1.99. The lowest BCUT2D eigenvalue weighted by Gasteiger charge is -2.04. The number of benzene rings is 1. The van der Waals surface area contributed by atoms with Crippen molar-refractivity contribution >= 4 is 48.6 Å². The summed E-state index contributed by atoms with van der Waals surface area (Å²) in [6.45, 7) is 0. The molecule has 0 bridgehead atoms. The van der Waals surface area contributed by atoms with Gasteiger partial charge in [-0.25, -0.2) is 0 Å². The SMILES string of the molecule is SCCCCCCCCCCSc1ccc(S)c(Cl)c1. The van der Waals surface area contributed by atoms with Crippen LogP contribution in [0.1, 0.15) is 51.4 Å².